The Balaban J connectivity index is 2.18. The second-order valence-corrected chi connectivity index (χ2v) is 6.56. The molecular weight excluding hydrogens is 264 g/mol. The quantitative estimate of drug-likeness (QED) is 0.269. The van der Waals surface area contributed by atoms with Crippen LogP contribution < -0.4 is 11.3 Å². The lowest BCUT2D eigenvalue weighted by Crippen LogP contribution is -2.36. The minimum absolute atomic E-state index is 0.422. The lowest BCUT2D eigenvalue weighted by Gasteiger charge is -2.16. The van der Waals surface area contributed by atoms with Gasteiger partial charge in [0.2, 0.25) is 0 Å². The summed E-state index contributed by atoms with van der Waals surface area (Å²) in [6.45, 7) is 4.43. The third-order valence-corrected chi connectivity index (χ3v) is 5.01. The van der Waals surface area contributed by atoms with Crippen molar-refractivity contribution in [2.24, 2.45) is 5.84 Å². The van der Waals surface area contributed by atoms with Crippen LogP contribution in [0, 0.1) is 6.92 Å². The maximum atomic E-state index is 5.67. The molecule has 1 unspecified atom stereocenters. The summed E-state index contributed by atoms with van der Waals surface area (Å²) < 4.78 is 0. The van der Waals surface area contributed by atoms with Gasteiger partial charge < -0.3 is 0 Å². The average Bonchev–Trinajstić information content (AvgIpc) is 2.47. The number of nitrogens with one attached hydrogen (secondary N) is 1. The van der Waals surface area contributed by atoms with Crippen LogP contribution in [0.2, 0.25) is 0 Å². The topological polar surface area (TPSA) is 38.0 Å². The van der Waals surface area contributed by atoms with Crippen LogP contribution in [0.25, 0.3) is 0 Å². The lowest BCUT2D eigenvalue weighted by molar-refractivity contribution is 0.494. The van der Waals surface area contributed by atoms with Crippen LogP contribution in [0.3, 0.4) is 0 Å². The van der Waals surface area contributed by atoms with E-state index in [0.717, 1.165) is 5.75 Å². The van der Waals surface area contributed by atoms with Crippen LogP contribution >= 0.6 is 11.8 Å². The molecule has 1 aromatic carbocycles. The molecule has 0 heterocycles. The monoisotopic (exact) mass is 294 g/mol. The van der Waals surface area contributed by atoms with Gasteiger partial charge in [-0.1, -0.05) is 63.6 Å². The van der Waals surface area contributed by atoms with E-state index in [9.17, 15) is 0 Å². The van der Waals surface area contributed by atoms with Gasteiger partial charge in [0.15, 0.2) is 0 Å². The van der Waals surface area contributed by atoms with E-state index in [1.165, 1.54) is 55.4 Å². The van der Waals surface area contributed by atoms with Crippen molar-refractivity contribution in [1.29, 1.82) is 0 Å². The number of aryl methyl sites for hydroxylation is 1. The Hall–Kier alpha value is -0.510. The number of unbranched alkanes of at least 4 members (excludes halogenated alkanes) is 5. The molecular formula is C17H30N2S. The van der Waals surface area contributed by atoms with Crippen molar-refractivity contribution in [3.8, 4) is 0 Å². The Morgan fingerprint density at radius 2 is 1.80 bits per heavy atom. The van der Waals surface area contributed by atoms with Crippen LogP contribution in [0.4, 0.5) is 0 Å². The van der Waals surface area contributed by atoms with Crippen molar-refractivity contribution < 1.29 is 0 Å². The van der Waals surface area contributed by atoms with Crippen LogP contribution in [0.15, 0.2) is 29.2 Å². The van der Waals surface area contributed by atoms with Gasteiger partial charge in [0, 0.05) is 16.7 Å². The van der Waals surface area contributed by atoms with E-state index in [2.05, 4.69) is 43.5 Å². The second kappa shape index (κ2) is 11.2. The van der Waals surface area contributed by atoms with E-state index in [1.54, 1.807) is 0 Å². The third kappa shape index (κ3) is 7.32. The van der Waals surface area contributed by atoms with Crippen molar-refractivity contribution in [2.75, 3.05) is 5.75 Å². The van der Waals surface area contributed by atoms with E-state index in [4.69, 9.17) is 5.84 Å². The Bertz CT molecular complexity index is 355. The SMILES string of the molecule is CCCCCCCCC(CSc1ccccc1C)NN. The predicted molar refractivity (Wildman–Crippen MR) is 91.0 cm³/mol. The fourth-order valence-electron chi connectivity index (χ4n) is 2.29. The molecule has 0 aliphatic rings. The molecule has 3 heteroatoms. The van der Waals surface area contributed by atoms with Crippen LogP contribution in [-0.4, -0.2) is 11.8 Å². The molecule has 1 rings (SSSR count). The van der Waals surface area contributed by atoms with Crippen molar-refractivity contribution in [3.63, 3.8) is 0 Å². The molecule has 0 saturated carbocycles. The summed E-state index contributed by atoms with van der Waals surface area (Å²) in [7, 11) is 0. The maximum Gasteiger partial charge on any atom is 0.0304 e. The van der Waals surface area contributed by atoms with Gasteiger partial charge >= 0.3 is 0 Å². The Labute approximate surface area is 128 Å². The number of thioether (sulfide) groups is 1. The Kier molecular flexibility index (Phi) is 9.81. The summed E-state index contributed by atoms with van der Waals surface area (Å²) in [6, 6.07) is 8.98. The number of hydrazine groups is 1. The molecule has 1 aromatic rings. The van der Waals surface area contributed by atoms with E-state index in [0.29, 0.717) is 6.04 Å². The highest BCUT2D eigenvalue weighted by Gasteiger charge is 2.08. The average molecular weight is 295 g/mol. The van der Waals surface area contributed by atoms with Crippen molar-refractivity contribution >= 4 is 11.8 Å². The summed E-state index contributed by atoms with van der Waals surface area (Å²) in [4.78, 5) is 1.37. The first-order valence-electron chi connectivity index (χ1n) is 7.92. The molecule has 0 aliphatic heterocycles. The molecule has 0 bridgehead atoms. The zero-order valence-electron chi connectivity index (χ0n) is 13.0. The normalized spacial score (nSPS) is 12.6. The van der Waals surface area contributed by atoms with Gasteiger partial charge in [-0.05, 0) is 25.0 Å². The van der Waals surface area contributed by atoms with Gasteiger partial charge in [0.1, 0.15) is 0 Å². The van der Waals surface area contributed by atoms with Crippen molar-refractivity contribution in [1.82, 2.24) is 5.43 Å². The standard InChI is InChI=1S/C17H30N2S/c1-3-4-5-6-7-8-12-16(19-18)14-20-17-13-10-9-11-15(17)2/h9-11,13,16,19H,3-8,12,14,18H2,1-2H3. The fraction of sp³-hybridized carbons (Fsp3) is 0.647. The van der Waals surface area contributed by atoms with E-state index >= 15 is 0 Å². The summed E-state index contributed by atoms with van der Waals surface area (Å²) >= 11 is 1.91. The van der Waals surface area contributed by atoms with Crippen LogP contribution in [0.1, 0.15) is 57.4 Å². The predicted octanol–water partition coefficient (Wildman–Crippen LogP) is 4.67. The highest BCUT2D eigenvalue weighted by atomic mass is 32.2. The molecule has 0 saturated heterocycles. The first-order chi connectivity index (χ1) is 9.77. The van der Waals surface area contributed by atoms with E-state index in [-0.39, 0.29) is 0 Å². The highest BCUT2D eigenvalue weighted by Crippen LogP contribution is 2.23. The number of rotatable bonds is 11. The third-order valence-electron chi connectivity index (χ3n) is 3.68. The molecule has 1 atom stereocenters. The number of nitrogens with two attached hydrogens (primary N) is 1. The molecule has 0 aliphatic carbocycles. The zero-order valence-corrected chi connectivity index (χ0v) is 13.8. The summed E-state index contributed by atoms with van der Waals surface area (Å²) in [5.74, 6) is 6.73. The molecule has 0 radical (unpaired) electrons. The minimum Gasteiger partial charge on any atom is -0.271 e. The Morgan fingerprint density at radius 3 is 2.50 bits per heavy atom. The van der Waals surface area contributed by atoms with E-state index in [1.807, 2.05) is 11.8 Å². The summed E-state index contributed by atoms with van der Waals surface area (Å²) in [5.41, 5.74) is 4.33. The highest BCUT2D eigenvalue weighted by molar-refractivity contribution is 7.99. The fourth-order valence-corrected chi connectivity index (χ4v) is 3.41. The van der Waals surface area contributed by atoms with Gasteiger partial charge in [0.25, 0.3) is 0 Å². The molecule has 3 N–H and O–H groups in total. The first-order valence-corrected chi connectivity index (χ1v) is 8.91. The lowest BCUT2D eigenvalue weighted by atomic mass is 10.1. The second-order valence-electron chi connectivity index (χ2n) is 5.50. The smallest absolute Gasteiger partial charge is 0.0304 e. The molecule has 0 aromatic heterocycles. The Morgan fingerprint density at radius 1 is 1.10 bits per heavy atom. The van der Waals surface area contributed by atoms with Crippen molar-refractivity contribution in [2.45, 2.75) is 69.7 Å². The molecule has 2 nitrogen and oxygen atoms in total. The van der Waals surface area contributed by atoms with Gasteiger partial charge in [0.05, 0.1) is 0 Å². The van der Waals surface area contributed by atoms with Gasteiger partial charge in [-0.2, -0.15) is 0 Å². The van der Waals surface area contributed by atoms with Crippen molar-refractivity contribution in [3.05, 3.63) is 29.8 Å². The minimum atomic E-state index is 0.422. The number of hydrogen-bond donors (Lipinski definition) is 2. The number of benzene rings is 1. The molecule has 20 heavy (non-hydrogen) atoms. The first kappa shape index (κ1) is 17.5. The van der Waals surface area contributed by atoms with Crippen LogP contribution in [-0.2, 0) is 0 Å². The largest absolute Gasteiger partial charge is 0.271 e. The van der Waals surface area contributed by atoms with Gasteiger partial charge in [-0.15, -0.1) is 11.8 Å². The summed E-state index contributed by atoms with van der Waals surface area (Å²) in [6.07, 6.45) is 9.26. The van der Waals surface area contributed by atoms with Gasteiger partial charge in [-0.25, -0.2) is 0 Å². The molecule has 114 valence electrons. The molecule has 0 amide bonds. The summed E-state index contributed by atoms with van der Waals surface area (Å²) in [5, 5.41) is 0. The molecule has 0 spiro atoms. The zero-order chi connectivity index (χ0) is 14.6. The van der Waals surface area contributed by atoms with Crippen LogP contribution in [0.5, 0.6) is 0 Å². The maximum absolute atomic E-state index is 5.67. The number of hydrogen-bond acceptors (Lipinski definition) is 3. The van der Waals surface area contributed by atoms with E-state index < -0.39 is 0 Å². The van der Waals surface area contributed by atoms with Gasteiger partial charge in [-0.3, -0.25) is 11.3 Å². The molecule has 0 fully saturated rings.